The number of carbonyl (C=O) groups is 1. The lowest BCUT2D eigenvalue weighted by Gasteiger charge is -2.37. The van der Waals surface area contributed by atoms with Crippen LogP contribution in [0.25, 0.3) is 0 Å². The third kappa shape index (κ3) is 2.06. The first kappa shape index (κ1) is 10.6. The van der Waals surface area contributed by atoms with E-state index in [9.17, 15) is 4.79 Å². The number of hydrogen-bond donors (Lipinski definition) is 1. The lowest BCUT2D eigenvalue weighted by Crippen LogP contribution is -2.57. The van der Waals surface area contributed by atoms with Gasteiger partial charge < -0.3 is 10.6 Å². The van der Waals surface area contributed by atoms with E-state index in [1.807, 2.05) is 25.1 Å². The Balaban J connectivity index is 2.19. The number of aryl methyl sites for hydroxylation is 1. The second kappa shape index (κ2) is 3.94. The molecule has 1 aliphatic heterocycles. The maximum atomic E-state index is 12.0. The second-order valence-electron chi connectivity index (χ2n) is 3.93. The summed E-state index contributed by atoms with van der Waals surface area (Å²) in [4.78, 5) is 13.7. The highest BCUT2D eigenvalue weighted by Crippen LogP contribution is 2.19. The summed E-state index contributed by atoms with van der Waals surface area (Å²) in [6, 6.07) is 5.85. The van der Waals surface area contributed by atoms with Gasteiger partial charge in [-0.15, -0.1) is 0 Å². The SMILES string of the molecule is Cc1cc(Br)ccc1C(=O)N1CC(N)C1. The van der Waals surface area contributed by atoms with Gasteiger partial charge in [-0.2, -0.15) is 0 Å². The molecule has 0 aliphatic carbocycles. The van der Waals surface area contributed by atoms with E-state index in [4.69, 9.17) is 5.73 Å². The van der Waals surface area contributed by atoms with Gasteiger partial charge in [-0.05, 0) is 30.7 Å². The summed E-state index contributed by atoms with van der Waals surface area (Å²) in [6.07, 6.45) is 0. The number of carbonyl (C=O) groups excluding carboxylic acids is 1. The van der Waals surface area contributed by atoms with E-state index in [1.165, 1.54) is 0 Å². The highest BCUT2D eigenvalue weighted by molar-refractivity contribution is 9.10. The summed E-state index contributed by atoms with van der Waals surface area (Å²) >= 11 is 3.38. The van der Waals surface area contributed by atoms with Gasteiger partial charge in [0.2, 0.25) is 0 Å². The Kier molecular flexibility index (Phi) is 2.80. The average Bonchev–Trinajstić information content (AvgIpc) is 2.12. The second-order valence-corrected chi connectivity index (χ2v) is 4.85. The average molecular weight is 269 g/mol. The van der Waals surface area contributed by atoms with E-state index >= 15 is 0 Å². The van der Waals surface area contributed by atoms with Crippen molar-refractivity contribution >= 4 is 21.8 Å². The number of nitrogens with two attached hydrogens (primary N) is 1. The molecule has 2 rings (SSSR count). The van der Waals surface area contributed by atoms with Crippen LogP contribution in [-0.4, -0.2) is 29.9 Å². The van der Waals surface area contributed by atoms with E-state index in [-0.39, 0.29) is 11.9 Å². The molecular formula is C11H13BrN2O. The van der Waals surface area contributed by atoms with Crippen LogP contribution >= 0.6 is 15.9 Å². The smallest absolute Gasteiger partial charge is 0.254 e. The summed E-state index contributed by atoms with van der Waals surface area (Å²) in [7, 11) is 0. The van der Waals surface area contributed by atoms with Crippen molar-refractivity contribution in [2.75, 3.05) is 13.1 Å². The monoisotopic (exact) mass is 268 g/mol. The van der Waals surface area contributed by atoms with E-state index in [0.717, 1.165) is 15.6 Å². The van der Waals surface area contributed by atoms with Gasteiger partial charge in [0, 0.05) is 29.2 Å². The topological polar surface area (TPSA) is 46.3 Å². The third-order valence-corrected chi connectivity index (χ3v) is 3.11. The molecule has 1 aromatic carbocycles. The highest BCUT2D eigenvalue weighted by atomic mass is 79.9. The van der Waals surface area contributed by atoms with Crippen molar-refractivity contribution in [1.29, 1.82) is 0 Å². The first-order chi connectivity index (χ1) is 7.08. The molecule has 0 radical (unpaired) electrons. The van der Waals surface area contributed by atoms with Gasteiger partial charge in [0.25, 0.3) is 5.91 Å². The van der Waals surface area contributed by atoms with Crippen molar-refractivity contribution in [2.24, 2.45) is 5.73 Å². The highest BCUT2D eigenvalue weighted by Gasteiger charge is 2.28. The molecule has 1 fully saturated rings. The van der Waals surface area contributed by atoms with Crippen LogP contribution in [0.5, 0.6) is 0 Å². The number of amides is 1. The molecule has 1 aromatic rings. The van der Waals surface area contributed by atoms with Gasteiger partial charge in [-0.3, -0.25) is 4.79 Å². The lowest BCUT2D eigenvalue weighted by atomic mass is 10.0. The van der Waals surface area contributed by atoms with Crippen molar-refractivity contribution < 1.29 is 4.79 Å². The molecule has 0 saturated carbocycles. The van der Waals surface area contributed by atoms with Gasteiger partial charge in [0.15, 0.2) is 0 Å². The fourth-order valence-electron chi connectivity index (χ4n) is 1.72. The quantitative estimate of drug-likeness (QED) is 0.840. The van der Waals surface area contributed by atoms with E-state index in [1.54, 1.807) is 4.90 Å². The molecule has 80 valence electrons. The van der Waals surface area contributed by atoms with Crippen LogP contribution in [-0.2, 0) is 0 Å². The first-order valence-corrected chi connectivity index (χ1v) is 5.68. The molecule has 1 saturated heterocycles. The maximum absolute atomic E-state index is 12.0. The van der Waals surface area contributed by atoms with Gasteiger partial charge in [0.05, 0.1) is 0 Å². The molecule has 4 heteroatoms. The van der Waals surface area contributed by atoms with E-state index in [0.29, 0.717) is 13.1 Å². The molecule has 3 nitrogen and oxygen atoms in total. The Morgan fingerprint density at radius 2 is 2.20 bits per heavy atom. The van der Waals surface area contributed by atoms with Crippen LogP contribution in [0, 0.1) is 6.92 Å². The van der Waals surface area contributed by atoms with Crippen LogP contribution in [0.4, 0.5) is 0 Å². The van der Waals surface area contributed by atoms with Gasteiger partial charge >= 0.3 is 0 Å². The molecule has 0 aromatic heterocycles. The molecule has 1 aliphatic rings. The minimum Gasteiger partial charge on any atom is -0.335 e. The minimum atomic E-state index is 0.0849. The van der Waals surface area contributed by atoms with E-state index in [2.05, 4.69) is 15.9 Å². The maximum Gasteiger partial charge on any atom is 0.254 e. The Bertz CT molecular complexity index is 400. The molecule has 0 bridgehead atoms. The molecule has 1 heterocycles. The summed E-state index contributed by atoms with van der Waals surface area (Å²) in [5, 5.41) is 0. The number of nitrogens with zero attached hydrogens (tertiary/aromatic N) is 1. The van der Waals surface area contributed by atoms with Crippen LogP contribution in [0.15, 0.2) is 22.7 Å². The van der Waals surface area contributed by atoms with Crippen LogP contribution < -0.4 is 5.73 Å². The summed E-state index contributed by atoms with van der Waals surface area (Å²) in [5.74, 6) is 0.0849. The van der Waals surface area contributed by atoms with Gasteiger partial charge in [-0.1, -0.05) is 15.9 Å². The largest absolute Gasteiger partial charge is 0.335 e. The van der Waals surface area contributed by atoms with Crippen LogP contribution in [0.2, 0.25) is 0 Å². The lowest BCUT2D eigenvalue weighted by molar-refractivity contribution is 0.0607. The zero-order chi connectivity index (χ0) is 11.0. The molecule has 0 atom stereocenters. The molecule has 2 N–H and O–H groups in total. The first-order valence-electron chi connectivity index (χ1n) is 4.89. The molecule has 15 heavy (non-hydrogen) atoms. The Morgan fingerprint density at radius 3 is 2.73 bits per heavy atom. The molecular weight excluding hydrogens is 256 g/mol. The summed E-state index contributed by atoms with van der Waals surface area (Å²) in [5.41, 5.74) is 7.41. The Labute approximate surface area is 97.4 Å². The number of benzene rings is 1. The van der Waals surface area contributed by atoms with Gasteiger partial charge in [0.1, 0.15) is 0 Å². The third-order valence-electron chi connectivity index (χ3n) is 2.62. The molecule has 0 spiro atoms. The molecule has 0 unspecified atom stereocenters. The van der Waals surface area contributed by atoms with Crippen molar-refractivity contribution in [3.63, 3.8) is 0 Å². The number of halogens is 1. The van der Waals surface area contributed by atoms with Crippen molar-refractivity contribution in [1.82, 2.24) is 4.90 Å². The zero-order valence-electron chi connectivity index (χ0n) is 8.53. The normalized spacial score (nSPS) is 16.3. The minimum absolute atomic E-state index is 0.0849. The summed E-state index contributed by atoms with van der Waals surface area (Å²) in [6.45, 7) is 3.29. The summed E-state index contributed by atoms with van der Waals surface area (Å²) < 4.78 is 0.997. The fourth-order valence-corrected chi connectivity index (χ4v) is 2.19. The van der Waals surface area contributed by atoms with Gasteiger partial charge in [-0.25, -0.2) is 0 Å². The Hall–Kier alpha value is -0.870. The van der Waals surface area contributed by atoms with Crippen LogP contribution in [0.1, 0.15) is 15.9 Å². The van der Waals surface area contributed by atoms with Crippen molar-refractivity contribution in [3.05, 3.63) is 33.8 Å². The Morgan fingerprint density at radius 1 is 1.53 bits per heavy atom. The van der Waals surface area contributed by atoms with Crippen LogP contribution in [0.3, 0.4) is 0 Å². The zero-order valence-corrected chi connectivity index (χ0v) is 10.1. The van der Waals surface area contributed by atoms with Crippen molar-refractivity contribution in [3.8, 4) is 0 Å². The fraction of sp³-hybridized carbons (Fsp3) is 0.364. The predicted molar refractivity (Wildman–Crippen MR) is 62.8 cm³/mol. The number of rotatable bonds is 1. The molecule has 1 amide bonds. The van der Waals surface area contributed by atoms with E-state index < -0.39 is 0 Å². The van der Waals surface area contributed by atoms with Crippen molar-refractivity contribution in [2.45, 2.75) is 13.0 Å². The predicted octanol–water partition coefficient (Wildman–Crippen LogP) is 1.54. The number of hydrogen-bond acceptors (Lipinski definition) is 2. The standard InChI is InChI=1S/C11H13BrN2O/c1-7-4-8(12)2-3-10(7)11(15)14-5-9(13)6-14/h2-4,9H,5-6,13H2,1H3. The number of likely N-dealkylation sites (tertiary alicyclic amines) is 1.